The highest BCUT2D eigenvalue weighted by atomic mass is 16.5. The van der Waals surface area contributed by atoms with Crippen LogP contribution < -0.4 is 9.47 Å². The SMILES string of the molecule is CC(Oc1c[c]ccc1OCCc1ccccc1)c1ccccc1. The summed E-state index contributed by atoms with van der Waals surface area (Å²) in [6, 6.07) is 29.1. The third-order valence-electron chi connectivity index (χ3n) is 3.85. The number of hydrogen-bond donors (Lipinski definition) is 0. The summed E-state index contributed by atoms with van der Waals surface area (Å²) in [7, 11) is 0. The summed E-state index contributed by atoms with van der Waals surface area (Å²) in [5.74, 6) is 1.48. The van der Waals surface area contributed by atoms with Crippen LogP contribution in [0.15, 0.2) is 78.9 Å². The average molecular weight is 317 g/mol. The van der Waals surface area contributed by atoms with E-state index in [0.717, 1.165) is 23.5 Å². The quantitative estimate of drug-likeness (QED) is 0.592. The number of hydrogen-bond acceptors (Lipinski definition) is 2. The Morgan fingerprint density at radius 1 is 0.875 bits per heavy atom. The monoisotopic (exact) mass is 317 g/mol. The van der Waals surface area contributed by atoms with Crippen molar-refractivity contribution in [1.29, 1.82) is 0 Å². The first-order valence-corrected chi connectivity index (χ1v) is 8.21. The first-order valence-electron chi connectivity index (χ1n) is 8.21. The van der Waals surface area contributed by atoms with Crippen LogP contribution >= 0.6 is 0 Å². The minimum Gasteiger partial charge on any atom is -0.489 e. The van der Waals surface area contributed by atoms with Gasteiger partial charge in [0.2, 0.25) is 0 Å². The van der Waals surface area contributed by atoms with E-state index >= 15 is 0 Å². The smallest absolute Gasteiger partial charge is 0.162 e. The maximum Gasteiger partial charge on any atom is 0.162 e. The summed E-state index contributed by atoms with van der Waals surface area (Å²) in [5.41, 5.74) is 2.40. The summed E-state index contributed by atoms with van der Waals surface area (Å²) < 4.78 is 12.0. The van der Waals surface area contributed by atoms with Crippen LogP contribution in [0.4, 0.5) is 0 Å². The molecular weight excluding hydrogens is 296 g/mol. The summed E-state index contributed by atoms with van der Waals surface area (Å²) in [6.07, 6.45) is 0.825. The second kappa shape index (κ2) is 8.21. The number of benzene rings is 3. The van der Waals surface area contributed by atoms with Crippen LogP contribution in [-0.2, 0) is 6.42 Å². The molecule has 24 heavy (non-hydrogen) atoms. The standard InChI is InChI=1S/C22H21O2/c1-18(20-12-6-3-7-13-20)24-22-15-9-8-14-21(22)23-17-16-19-10-4-2-5-11-19/h2-8,10-15,18H,16-17H2,1H3. The van der Waals surface area contributed by atoms with E-state index in [1.807, 2.05) is 61.5 Å². The predicted molar refractivity (Wildman–Crippen MR) is 96.4 cm³/mol. The largest absolute Gasteiger partial charge is 0.489 e. The summed E-state index contributed by atoms with van der Waals surface area (Å²) in [4.78, 5) is 0. The van der Waals surface area contributed by atoms with Gasteiger partial charge >= 0.3 is 0 Å². The van der Waals surface area contributed by atoms with Crippen LogP contribution in [0, 0.1) is 6.07 Å². The Bertz CT molecular complexity index is 738. The number of rotatable bonds is 7. The van der Waals surface area contributed by atoms with Crippen molar-refractivity contribution in [3.05, 3.63) is 96.1 Å². The van der Waals surface area contributed by atoms with E-state index in [9.17, 15) is 0 Å². The van der Waals surface area contributed by atoms with Gasteiger partial charge in [0.25, 0.3) is 0 Å². The van der Waals surface area contributed by atoms with Crippen LogP contribution in [-0.4, -0.2) is 6.61 Å². The molecule has 0 aliphatic heterocycles. The molecule has 0 aromatic heterocycles. The van der Waals surface area contributed by atoms with Crippen molar-refractivity contribution < 1.29 is 9.47 Å². The molecule has 0 spiro atoms. The molecular formula is C22H21O2. The molecule has 0 saturated carbocycles. The predicted octanol–water partition coefficient (Wildman–Crippen LogP) is 5.25. The van der Waals surface area contributed by atoms with E-state index in [1.165, 1.54) is 5.56 Å². The van der Waals surface area contributed by atoms with Crippen LogP contribution in [0.2, 0.25) is 0 Å². The molecule has 1 atom stereocenters. The third-order valence-corrected chi connectivity index (χ3v) is 3.85. The molecule has 0 bridgehead atoms. The lowest BCUT2D eigenvalue weighted by molar-refractivity contribution is 0.209. The molecule has 0 fully saturated rings. The molecule has 0 aliphatic carbocycles. The van der Waals surface area contributed by atoms with Crippen molar-refractivity contribution >= 4 is 0 Å². The minimum atomic E-state index is -0.0431. The Kier molecular flexibility index (Phi) is 5.52. The highest BCUT2D eigenvalue weighted by Crippen LogP contribution is 2.30. The summed E-state index contributed by atoms with van der Waals surface area (Å²) in [5, 5.41) is 0. The zero-order valence-electron chi connectivity index (χ0n) is 13.8. The lowest BCUT2D eigenvalue weighted by Gasteiger charge is -2.18. The first-order chi connectivity index (χ1) is 11.8. The molecule has 0 aliphatic rings. The van der Waals surface area contributed by atoms with E-state index in [-0.39, 0.29) is 6.10 Å². The van der Waals surface area contributed by atoms with Crippen molar-refractivity contribution in [3.63, 3.8) is 0 Å². The van der Waals surface area contributed by atoms with Crippen LogP contribution in [0.1, 0.15) is 24.2 Å². The Morgan fingerprint density at radius 3 is 2.33 bits per heavy atom. The lowest BCUT2D eigenvalue weighted by atomic mass is 10.1. The van der Waals surface area contributed by atoms with Gasteiger partial charge in [0.1, 0.15) is 6.10 Å². The number of ether oxygens (including phenoxy) is 2. The fourth-order valence-electron chi connectivity index (χ4n) is 2.52. The molecule has 3 aromatic rings. The van der Waals surface area contributed by atoms with Crippen molar-refractivity contribution in [2.24, 2.45) is 0 Å². The highest BCUT2D eigenvalue weighted by molar-refractivity contribution is 5.39. The second-order valence-corrected chi connectivity index (χ2v) is 5.63. The van der Waals surface area contributed by atoms with Gasteiger partial charge in [-0.1, -0.05) is 66.7 Å². The maximum absolute atomic E-state index is 6.08. The van der Waals surface area contributed by atoms with Crippen molar-refractivity contribution in [1.82, 2.24) is 0 Å². The Morgan fingerprint density at radius 2 is 1.58 bits per heavy atom. The molecule has 2 nitrogen and oxygen atoms in total. The molecule has 3 aromatic carbocycles. The zero-order chi connectivity index (χ0) is 16.6. The normalized spacial score (nSPS) is 11.7. The Balaban J connectivity index is 1.62. The van der Waals surface area contributed by atoms with E-state index in [1.54, 1.807) is 0 Å². The van der Waals surface area contributed by atoms with Gasteiger partial charge in [-0.2, -0.15) is 0 Å². The van der Waals surface area contributed by atoms with Gasteiger partial charge in [0.05, 0.1) is 6.61 Å². The molecule has 0 amide bonds. The molecule has 1 unspecified atom stereocenters. The van der Waals surface area contributed by atoms with Gasteiger partial charge in [-0.3, -0.25) is 0 Å². The van der Waals surface area contributed by atoms with Gasteiger partial charge in [-0.25, -0.2) is 0 Å². The average Bonchev–Trinajstić information content (AvgIpc) is 2.65. The Hall–Kier alpha value is -2.74. The van der Waals surface area contributed by atoms with Gasteiger partial charge in [-0.15, -0.1) is 0 Å². The van der Waals surface area contributed by atoms with Crippen LogP contribution in [0.25, 0.3) is 0 Å². The topological polar surface area (TPSA) is 18.5 Å². The molecule has 3 rings (SSSR count). The second-order valence-electron chi connectivity index (χ2n) is 5.63. The van der Waals surface area contributed by atoms with Crippen molar-refractivity contribution in [3.8, 4) is 11.5 Å². The van der Waals surface area contributed by atoms with Gasteiger partial charge in [-0.05, 0) is 36.2 Å². The maximum atomic E-state index is 6.08. The van der Waals surface area contributed by atoms with Crippen LogP contribution in [0.5, 0.6) is 11.5 Å². The zero-order valence-corrected chi connectivity index (χ0v) is 13.8. The molecule has 0 heterocycles. The molecule has 2 heteroatoms. The first kappa shape index (κ1) is 16.1. The fourth-order valence-corrected chi connectivity index (χ4v) is 2.52. The van der Waals surface area contributed by atoms with Gasteiger partial charge < -0.3 is 9.47 Å². The Labute approximate surface area is 143 Å². The minimum absolute atomic E-state index is 0.0431. The van der Waals surface area contributed by atoms with E-state index in [2.05, 4.69) is 30.3 Å². The van der Waals surface area contributed by atoms with Crippen molar-refractivity contribution in [2.75, 3.05) is 6.61 Å². The third kappa shape index (κ3) is 4.39. The summed E-state index contributed by atoms with van der Waals surface area (Å²) >= 11 is 0. The lowest BCUT2D eigenvalue weighted by Crippen LogP contribution is -2.06. The van der Waals surface area contributed by atoms with Gasteiger partial charge in [0, 0.05) is 6.42 Å². The summed E-state index contributed by atoms with van der Waals surface area (Å²) in [6.45, 7) is 2.65. The van der Waals surface area contributed by atoms with E-state index < -0.39 is 0 Å². The molecule has 121 valence electrons. The van der Waals surface area contributed by atoms with Gasteiger partial charge in [0.15, 0.2) is 11.5 Å². The van der Waals surface area contributed by atoms with E-state index in [0.29, 0.717) is 6.61 Å². The van der Waals surface area contributed by atoms with Crippen molar-refractivity contribution in [2.45, 2.75) is 19.4 Å². The highest BCUT2D eigenvalue weighted by Gasteiger charge is 2.10. The molecule has 0 N–H and O–H groups in total. The van der Waals surface area contributed by atoms with Crippen LogP contribution in [0.3, 0.4) is 0 Å². The molecule has 1 radical (unpaired) electrons. The van der Waals surface area contributed by atoms with E-state index in [4.69, 9.17) is 9.47 Å². The fraction of sp³-hybridized carbons (Fsp3) is 0.182. The molecule has 0 saturated heterocycles.